The molecule has 13 heavy (non-hydrogen) atoms. The van der Waals surface area contributed by atoms with Crippen molar-refractivity contribution in [1.29, 1.82) is 0 Å². The van der Waals surface area contributed by atoms with E-state index in [1.54, 1.807) is 14.2 Å². The summed E-state index contributed by atoms with van der Waals surface area (Å²) in [7, 11) is 3.56. The minimum Gasteiger partial charge on any atom is -0.384 e. The average molecular weight is 188 g/mol. The van der Waals surface area contributed by atoms with Crippen LogP contribution >= 0.6 is 0 Å². The van der Waals surface area contributed by atoms with Crippen LogP contribution in [0.3, 0.4) is 0 Å². The molecule has 2 nitrogen and oxygen atoms in total. The summed E-state index contributed by atoms with van der Waals surface area (Å²) in [6.45, 7) is 5.23. The van der Waals surface area contributed by atoms with E-state index in [0.29, 0.717) is 12.0 Å². The lowest BCUT2D eigenvalue weighted by molar-refractivity contribution is 0.00685. The van der Waals surface area contributed by atoms with Crippen molar-refractivity contribution in [3.8, 4) is 0 Å². The predicted octanol–water partition coefficient (Wildman–Crippen LogP) is 2.86. The number of rotatable bonds is 8. The predicted molar refractivity (Wildman–Crippen MR) is 56.0 cm³/mol. The fourth-order valence-electron chi connectivity index (χ4n) is 1.65. The fourth-order valence-corrected chi connectivity index (χ4v) is 1.65. The molecule has 80 valence electrons. The Morgan fingerprint density at radius 1 is 1.15 bits per heavy atom. The third-order valence-corrected chi connectivity index (χ3v) is 2.58. The minimum atomic E-state index is 0.380. The van der Waals surface area contributed by atoms with E-state index < -0.39 is 0 Å². The lowest BCUT2D eigenvalue weighted by atomic mass is 9.96. The SMILES string of the molecule is CCCCC(OC)C(CC)COC. The molecule has 0 aromatic carbocycles. The van der Waals surface area contributed by atoms with Crippen molar-refractivity contribution in [2.24, 2.45) is 5.92 Å². The second kappa shape index (κ2) is 8.52. The number of hydrogen-bond acceptors (Lipinski definition) is 2. The maximum atomic E-state index is 5.48. The van der Waals surface area contributed by atoms with Gasteiger partial charge in [-0.1, -0.05) is 26.7 Å². The Labute approximate surface area is 82.6 Å². The molecule has 0 fully saturated rings. The molecular formula is C11H24O2. The van der Waals surface area contributed by atoms with Crippen LogP contribution in [-0.4, -0.2) is 26.9 Å². The molecule has 2 unspecified atom stereocenters. The van der Waals surface area contributed by atoms with Crippen molar-refractivity contribution in [1.82, 2.24) is 0 Å². The van der Waals surface area contributed by atoms with Crippen LogP contribution in [0.4, 0.5) is 0 Å². The quantitative estimate of drug-likeness (QED) is 0.583. The van der Waals surface area contributed by atoms with Crippen LogP contribution in [0.25, 0.3) is 0 Å². The highest BCUT2D eigenvalue weighted by Crippen LogP contribution is 2.17. The van der Waals surface area contributed by atoms with Gasteiger partial charge in [0.15, 0.2) is 0 Å². The Hall–Kier alpha value is -0.0800. The van der Waals surface area contributed by atoms with Crippen molar-refractivity contribution < 1.29 is 9.47 Å². The lowest BCUT2D eigenvalue weighted by Crippen LogP contribution is -2.26. The Morgan fingerprint density at radius 3 is 2.23 bits per heavy atom. The van der Waals surface area contributed by atoms with E-state index in [2.05, 4.69) is 13.8 Å². The number of hydrogen-bond donors (Lipinski definition) is 0. The smallest absolute Gasteiger partial charge is 0.0621 e. The number of unbranched alkanes of at least 4 members (excludes halogenated alkanes) is 1. The number of ether oxygens (including phenoxy) is 2. The molecule has 0 heterocycles. The summed E-state index contributed by atoms with van der Waals surface area (Å²) >= 11 is 0. The normalized spacial score (nSPS) is 15.7. The van der Waals surface area contributed by atoms with Crippen molar-refractivity contribution >= 4 is 0 Å². The van der Waals surface area contributed by atoms with Gasteiger partial charge in [0.05, 0.1) is 12.7 Å². The molecule has 0 aromatic heterocycles. The van der Waals surface area contributed by atoms with E-state index in [1.165, 1.54) is 12.8 Å². The summed E-state index contributed by atoms with van der Waals surface area (Å²) in [5.41, 5.74) is 0. The van der Waals surface area contributed by atoms with Gasteiger partial charge >= 0.3 is 0 Å². The van der Waals surface area contributed by atoms with E-state index in [-0.39, 0.29) is 0 Å². The molecule has 0 radical (unpaired) electrons. The maximum absolute atomic E-state index is 5.48. The standard InChI is InChI=1S/C11H24O2/c1-5-7-8-11(13-4)10(6-2)9-12-3/h10-11H,5-9H2,1-4H3. The molecule has 0 aliphatic carbocycles. The molecule has 0 bridgehead atoms. The van der Waals surface area contributed by atoms with E-state index in [9.17, 15) is 0 Å². The molecule has 0 rings (SSSR count). The van der Waals surface area contributed by atoms with Crippen molar-refractivity contribution in [2.75, 3.05) is 20.8 Å². The lowest BCUT2D eigenvalue weighted by Gasteiger charge is -2.24. The van der Waals surface area contributed by atoms with E-state index in [1.807, 2.05) is 0 Å². The first-order chi connectivity index (χ1) is 6.29. The third-order valence-electron chi connectivity index (χ3n) is 2.58. The molecule has 0 amide bonds. The summed E-state index contributed by atoms with van der Waals surface area (Å²) < 4.78 is 10.7. The summed E-state index contributed by atoms with van der Waals surface area (Å²) in [6.07, 6.45) is 5.16. The summed E-state index contributed by atoms with van der Waals surface area (Å²) in [5.74, 6) is 0.557. The topological polar surface area (TPSA) is 18.5 Å². The van der Waals surface area contributed by atoms with Crippen molar-refractivity contribution in [3.63, 3.8) is 0 Å². The Morgan fingerprint density at radius 2 is 1.85 bits per heavy atom. The minimum absolute atomic E-state index is 0.380. The van der Waals surface area contributed by atoms with Crippen LogP contribution in [0.1, 0.15) is 39.5 Å². The molecule has 0 spiro atoms. The molecule has 0 N–H and O–H groups in total. The van der Waals surface area contributed by atoms with Crippen LogP contribution < -0.4 is 0 Å². The van der Waals surface area contributed by atoms with Gasteiger partial charge in [0.2, 0.25) is 0 Å². The monoisotopic (exact) mass is 188 g/mol. The Kier molecular flexibility index (Phi) is 8.46. The van der Waals surface area contributed by atoms with Crippen LogP contribution in [0.5, 0.6) is 0 Å². The van der Waals surface area contributed by atoms with Gasteiger partial charge in [-0.15, -0.1) is 0 Å². The van der Waals surface area contributed by atoms with Crippen LogP contribution in [0.2, 0.25) is 0 Å². The molecule has 0 saturated carbocycles. The highest BCUT2D eigenvalue weighted by atomic mass is 16.5. The third kappa shape index (κ3) is 5.27. The first kappa shape index (κ1) is 12.9. The van der Waals surface area contributed by atoms with Crippen molar-refractivity contribution in [3.05, 3.63) is 0 Å². The van der Waals surface area contributed by atoms with Crippen LogP contribution in [-0.2, 0) is 9.47 Å². The second-order valence-electron chi connectivity index (χ2n) is 3.54. The van der Waals surface area contributed by atoms with Gasteiger partial charge in [-0.2, -0.15) is 0 Å². The molecule has 0 aliphatic heterocycles. The summed E-state index contributed by atoms with van der Waals surface area (Å²) in [6, 6.07) is 0. The Bertz CT molecular complexity index is 104. The highest BCUT2D eigenvalue weighted by molar-refractivity contribution is 4.68. The molecular weight excluding hydrogens is 164 g/mol. The van der Waals surface area contributed by atoms with Gasteiger partial charge in [0.1, 0.15) is 0 Å². The first-order valence-electron chi connectivity index (χ1n) is 5.31. The second-order valence-corrected chi connectivity index (χ2v) is 3.54. The van der Waals surface area contributed by atoms with Gasteiger partial charge in [0.25, 0.3) is 0 Å². The van der Waals surface area contributed by atoms with Gasteiger partial charge < -0.3 is 9.47 Å². The van der Waals surface area contributed by atoms with Crippen LogP contribution in [0.15, 0.2) is 0 Å². The fraction of sp³-hybridized carbons (Fsp3) is 1.00. The summed E-state index contributed by atoms with van der Waals surface area (Å²) in [4.78, 5) is 0. The van der Waals surface area contributed by atoms with Gasteiger partial charge in [0, 0.05) is 20.1 Å². The number of methoxy groups -OCH3 is 2. The molecule has 2 heteroatoms. The zero-order valence-electron chi connectivity index (χ0n) is 9.51. The molecule has 2 atom stereocenters. The van der Waals surface area contributed by atoms with Crippen molar-refractivity contribution in [2.45, 2.75) is 45.6 Å². The zero-order valence-corrected chi connectivity index (χ0v) is 9.51. The largest absolute Gasteiger partial charge is 0.384 e. The average Bonchev–Trinajstić information content (AvgIpc) is 2.17. The Balaban J connectivity index is 3.84. The van der Waals surface area contributed by atoms with E-state index in [0.717, 1.165) is 19.4 Å². The van der Waals surface area contributed by atoms with Crippen LogP contribution in [0, 0.1) is 5.92 Å². The maximum Gasteiger partial charge on any atom is 0.0621 e. The van der Waals surface area contributed by atoms with E-state index in [4.69, 9.17) is 9.47 Å². The molecule has 0 saturated heterocycles. The van der Waals surface area contributed by atoms with E-state index >= 15 is 0 Å². The highest BCUT2D eigenvalue weighted by Gasteiger charge is 2.18. The van der Waals surface area contributed by atoms with Gasteiger partial charge in [-0.05, 0) is 12.8 Å². The zero-order chi connectivity index (χ0) is 10.1. The van der Waals surface area contributed by atoms with Gasteiger partial charge in [-0.3, -0.25) is 0 Å². The molecule has 0 aliphatic rings. The molecule has 0 aromatic rings. The van der Waals surface area contributed by atoms with Gasteiger partial charge in [-0.25, -0.2) is 0 Å². The first-order valence-corrected chi connectivity index (χ1v) is 5.31. The summed E-state index contributed by atoms with van der Waals surface area (Å²) in [5, 5.41) is 0.